The SMILES string of the molecule is O=C(O)C1CCCc2c1nn(-c1ccc(Cl)cc1Cl)c2-c1ccc(Br)s1. The molecule has 2 aromatic heterocycles. The van der Waals surface area contributed by atoms with E-state index in [1.165, 1.54) is 0 Å². The Hall–Kier alpha value is -1.34. The minimum atomic E-state index is -0.836. The zero-order valence-electron chi connectivity index (χ0n) is 13.4. The Morgan fingerprint density at radius 2 is 2.12 bits per heavy atom. The highest BCUT2D eigenvalue weighted by molar-refractivity contribution is 9.11. The van der Waals surface area contributed by atoms with Crippen LogP contribution in [-0.4, -0.2) is 20.9 Å². The van der Waals surface area contributed by atoms with Gasteiger partial charge in [0.25, 0.3) is 0 Å². The summed E-state index contributed by atoms with van der Waals surface area (Å²) in [7, 11) is 0. The highest BCUT2D eigenvalue weighted by Crippen LogP contribution is 2.42. The van der Waals surface area contributed by atoms with Gasteiger partial charge in [-0.2, -0.15) is 5.10 Å². The predicted octanol–water partition coefficient (Wildman–Crippen LogP) is 6.17. The van der Waals surface area contributed by atoms with Gasteiger partial charge >= 0.3 is 5.97 Å². The molecule has 0 fully saturated rings. The summed E-state index contributed by atoms with van der Waals surface area (Å²) in [4.78, 5) is 12.7. The van der Waals surface area contributed by atoms with Gasteiger partial charge in [-0.25, -0.2) is 4.68 Å². The monoisotopic (exact) mass is 470 g/mol. The van der Waals surface area contributed by atoms with Gasteiger partial charge < -0.3 is 5.11 Å². The van der Waals surface area contributed by atoms with E-state index >= 15 is 0 Å². The Morgan fingerprint density at radius 1 is 1.31 bits per heavy atom. The number of aliphatic carboxylic acids is 1. The largest absolute Gasteiger partial charge is 0.481 e. The fourth-order valence-corrected chi connectivity index (χ4v) is 5.31. The van der Waals surface area contributed by atoms with Crippen molar-refractivity contribution in [1.82, 2.24) is 9.78 Å². The quantitative estimate of drug-likeness (QED) is 0.496. The van der Waals surface area contributed by atoms with Gasteiger partial charge in [-0.15, -0.1) is 11.3 Å². The van der Waals surface area contributed by atoms with Crippen molar-refractivity contribution in [2.45, 2.75) is 25.2 Å². The number of hydrogen-bond acceptors (Lipinski definition) is 3. The third kappa shape index (κ3) is 3.09. The number of fused-ring (bicyclic) bond motifs is 1. The van der Waals surface area contributed by atoms with Crippen LogP contribution in [0.4, 0.5) is 0 Å². The Bertz CT molecular complexity index is 1010. The van der Waals surface area contributed by atoms with Crippen LogP contribution in [0.25, 0.3) is 16.3 Å². The molecule has 1 atom stereocenters. The molecule has 1 aromatic carbocycles. The Balaban J connectivity index is 2.00. The summed E-state index contributed by atoms with van der Waals surface area (Å²) < 4.78 is 2.77. The molecular weight excluding hydrogens is 459 g/mol. The van der Waals surface area contributed by atoms with Crippen molar-refractivity contribution in [1.29, 1.82) is 0 Å². The fourth-order valence-electron chi connectivity index (χ4n) is 3.38. The number of carboxylic acid groups (broad SMARTS) is 1. The number of benzene rings is 1. The lowest BCUT2D eigenvalue weighted by Gasteiger charge is -2.17. The summed E-state index contributed by atoms with van der Waals surface area (Å²) in [6.07, 6.45) is 2.22. The lowest BCUT2D eigenvalue weighted by molar-refractivity contribution is -0.139. The van der Waals surface area contributed by atoms with Crippen LogP contribution in [0, 0.1) is 0 Å². The molecule has 1 aliphatic carbocycles. The van der Waals surface area contributed by atoms with Gasteiger partial charge in [0.15, 0.2) is 0 Å². The van der Waals surface area contributed by atoms with Gasteiger partial charge in [-0.05, 0) is 65.5 Å². The lowest BCUT2D eigenvalue weighted by atomic mass is 9.86. The number of rotatable bonds is 3. The molecule has 4 rings (SSSR count). The van der Waals surface area contributed by atoms with E-state index in [4.69, 9.17) is 28.3 Å². The second-order valence-corrected chi connectivity index (χ2v) is 9.41. The van der Waals surface area contributed by atoms with E-state index in [1.54, 1.807) is 28.2 Å². The molecule has 0 saturated carbocycles. The zero-order chi connectivity index (χ0) is 18.4. The third-order valence-electron chi connectivity index (χ3n) is 4.51. The number of nitrogens with zero attached hydrogens (tertiary/aromatic N) is 2. The van der Waals surface area contributed by atoms with E-state index in [-0.39, 0.29) is 0 Å². The summed E-state index contributed by atoms with van der Waals surface area (Å²) in [6.45, 7) is 0. The number of carbonyl (C=O) groups is 1. The van der Waals surface area contributed by atoms with Crippen molar-refractivity contribution in [3.8, 4) is 16.3 Å². The normalized spacial score (nSPS) is 16.5. The van der Waals surface area contributed by atoms with Gasteiger partial charge in [0.2, 0.25) is 0 Å². The number of thiophene rings is 1. The molecule has 1 N–H and O–H groups in total. The van der Waals surface area contributed by atoms with Gasteiger partial charge in [-0.1, -0.05) is 23.2 Å². The van der Waals surface area contributed by atoms with Gasteiger partial charge in [0, 0.05) is 10.6 Å². The topological polar surface area (TPSA) is 55.1 Å². The molecule has 134 valence electrons. The molecule has 0 radical (unpaired) electrons. The molecule has 26 heavy (non-hydrogen) atoms. The highest BCUT2D eigenvalue weighted by atomic mass is 79.9. The summed E-state index contributed by atoms with van der Waals surface area (Å²) in [5.41, 5.74) is 3.22. The van der Waals surface area contributed by atoms with Crippen molar-refractivity contribution >= 4 is 56.4 Å². The lowest BCUT2D eigenvalue weighted by Crippen LogP contribution is -2.17. The fraction of sp³-hybridized carbons (Fsp3) is 0.222. The molecule has 4 nitrogen and oxygen atoms in total. The summed E-state index contributed by atoms with van der Waals surface area (Å²) in [6, 6.07) is 9.22. The van der Waals surface area contributed by atoms with Crippen molar-refractivity contribution < 1.29 is 9.90 Å². The number of hydrogen-bond donors (Lipinski definition) is 1. The van der Waals surface area contributed by atoms with Crippen molar-refractivity contribution in [3.63, 3.8) is 0 Å². The van der Waals surface area contributed by atoms with E-state index in [1.807, 2.05) is 18.2 Å². The smallest absolute Gasteiger partial charge is 0.312 e. The van der Waals surface area contributed by atoms with Crippen LogP contribution in [0.15, 0.2) is 34.1 Å². The molecule has 3 aromatic rings. The van der Waals surface area contributed by atoms with E-state index in [2.05, 4.69) is 15.9 Å². The third-order valence-corrected chi connectivity index (χ3v) is 6.68. The summed E-state index contributed by atoms with van der Waals surface area (Å²) >= 11 is 17.5. The van der Waals surface area contributed by atoms with Crippen LogP contribution in [0.1, 0.15) is 30.0 Å². The van der Waals surface area contributed by atoms with Crippen LogP contribution in [0.3, 0.4) is 0 Å². The van der Waals surface area contributed by atoms with Crippen LogP contribution in [0.5, 0.6) is 0 Å². The molecule has 8 heteroatoms. The molecular formula is C18H13BrCl2N2O2S. The van der Waals surface area contributed by atoms with Crippen LogP contribution in [0.2, 0.25) is 10.0 Å². The standard InChI is InChI=1S/C18H13BrCl2N2O2S/c19-15-7-6-14(26-15)17-10-2-1-3-11(18(24)25)16(10)22-23(17)13-5-4-9(20)8-12(13)21/h4-8,11H,1-3H2,(H,24,25). The predicted molar refractivity (Wildman–Crippen MR) is 108 cm³/mol. The van der Waals surface area contributed by atoms with E-state index in [0.717, 1.165) is 32.8 Å². The van der Waals surface area contributed by atoms with Crippen LogP contribution < -0.4 is 0 Å². The number of halogens is 3. The first-order chi connectivity index (χ1) is 12.5. The van der Waals surface area contributed by atoms with E-state index < -0.39 is 11.9 Å². The minimum Gasteiger partial charge on any atom is -0.481 e. The van der Waals surface area contributed by atoms with Crippen LogP contribution >= 0.6 is 50.5 Å². The first kappa shape index (κ1) is 18.0. The number of carboxylic acids is 1. The number of aromatic nitrogens is 2. The maximum absolute atomic E-state index is 11.7. The van der Waals surface area contributed by atoms with Crippen molar-refractivity contribution in [2.24, 2.45) is 0 Å². The minimum absolute atomic E-state index is 0.473. The Kier molecular flexibility index (Phi) is 4.86. The second kappa shape index (κ2) is 7.00. The van der Waals surface area contributed by atoms with E-state index in [9.17, 15) is 9.90 Å². The molecule has 1 aliphatic rings. The second-order valence-electron chi connectivity index (χ2n) is 6.11. The molecule has 1 unspecified atom stereocenters. The first-order valence-electron chi connectivity index (χ1n) is 8.01. The summed E-state index contributed by atoms with van der Waals surface area (Å²) in [5.74, 6) is -1.43. The average Bonchev–Trinajstić information content (AvgIpc) is 3.17. The molecule has 0 bridgehead atoms. The van der Waals surface area contributed by atoms with Crippen LogP contribution in [-0.2, 0) is 11.2 Å². The average molecular weight is 472 g/mol. The molecule has 2 heterocycles. The maximum Gasteiger partial charge on any atom is 0.312 e. The highest BCUT2D eigenvalue weighted by Gasteiger charge is 2.33. The zero-order valence-corrected chi connectivity index (χ0v) is 17.3. The van der Waals surface area contributed by atoms with Crippen molar-refractivity contribution in [3.05, 3.63) is 55.4 Å². The van der Waals surface area contributed by atoms with Gasteiger partial charge in [0.1, 0.15) is 5.92 Å². The maximum atomic E-state index is 11.7. The van der Waals surface area contributed by atoms with E-state index in [0.29, 0.717) is 27.8 Å². The first-order valence-corrected chi connectivity index (χ1v) is 10.4. The molecule has 0 aliphatic heterocycles. The molecule has 0 spiro atoms. The van der Waals surface area contributed by atoms with Gasteiger partial charge in [0.05, 0.1) is 30.8 Å². The molecule has 0 amide bonds. The van der Waals surface area contributed by atoms with Crippen molar-refractivity contribution in [2.75, 3.05) is 0 Å². The van der Waals surface area contributed by atoms with Gasteiger partial charge in [-0.3, -0.25) is 4.79 Å². The molecule has 0 saturated heterocycles. The Morgan fingerprint density at radius 3 is 2.77 bits per heavy atom. The summed E-state index contributed by atoms with van der Waals surface area (Å²) in [5, 5.41) is 15.3. The Labute approximate surface area is 172 Å².